The Morgan fingerprint density at radius 2 is 1.74 bits per heavy atom. The average molecular weight is 327 g/mol. The van der Waals surface area contributed by atoms with Gasteiger partial charge in [0.2, 0.25) is 0 Å². The molecule has 0 saturated heterocycles. The number of phenols is 1. The quantitative estimate of drug-likeness (QED) is 0.927. The van der Waals surface area contributed by atoms with E-state index in [1.54, 1.807) is 19.2 Å². The van der Waals surface area contributed by atoms with Gasteiger partial charge in [0, 0.05) is 17.2 Å². The van der Waals surface area contributed by atoms with E-state index in [2.05, 4.69) is 15.9 Å². The number of aromatic hydroxyl groups is 1. The minimum absolute atomic E-state index is 0.143. The summed E-state index contributed by atoms with van der Waals surface area (Å²) in [6, 6.07) is 7.33. The predicted octanol–water partition coefficient (Wildman–Crippen LogP) is 3.98. The number of hydrogen-bond donors (Lipinski definition) is 1. The van der Waals surface area contributed by atoms with Crippen LogP contribution in [0.2, 0.25) is 0 Å². The Hall–Kier alpha value is -1.75. The molecule has 2 aromatic rings. The molecule has 0 spiro atoms. The molecule has 0 radical (unpaired) electrons. The molecule has 19 heavy (non-hydrogen) atoms. The summed E-state index contributed by atoms with van der Waals surface area (Å²) in [4.78, 5) is 0. The van der Waals surface area contributed by atoms with E-state index < -0.39 is 5.82 Å². The average Bonchev–Trinajstić information content (AvgIpc) is 2.38. The lowest BCUT2D eigenvalue weighted by molar-refractivity contribution is 0.390. The van der Waals surface area contributed by atoms with Gasteiger partial charge in [-0.2, -0.15) is 0 Å². The fraction of sp³-hybridized carbons (Fsp3) is 0.143. The Morgan fingerprint density at radius 3 is 2.32 bits per heavy atom. The zero-order valence-electron chi connectivity index (χ0n) is 10.4. The van der Waals surface area contributed by atoms with E-state index in [4.69, 9.17) is 9.47 Å². The molecule has 3 nitrogen and oxygen atoms in total. The van der Waals surface area contributed by atoms with Crippen molar-refractivity contribution in [1.82, 2.24) is 0 Å². The van der Waals surface area contributed by atoms with Crippen LogP contribution in [0.15, 0.2) is 34.8 Å². The van der Waals surface area contributed by atoms with Crippen molar-refractivity contribution >= 4 is 15.9 Å². The molecule has 100 valence electrons. The number of methoxy groups -OCH3 is 2. The first-order valence-corrected chi connectivity index (χ1v) is 6.27. The van der Waals surface area contributed by atoms with Crippen LogP contribution in [0.5, 0.6) is 17.2 Å². The highest BCUT2D eigenvalue weighted by Gasteiger charge is 2.16. The van der Waals surface area contributed by atoms with Gasteiger partial charge in [-0.3, -0.25) is 0 Å². The zero-order valence-corrected chi connectivity index (χ0v) is 12.0. The predicted molar refractivity (Wildman–Crippen MR) is 74.3 cm³/mol. The van der Waals surface area contributed by atoms with E-state index in [1.165, 1.54) is 19.2 Å². The Kier molecular flexibility index (Phi) is 3.95. The van der Waals surface area contributed by atoms with Crippen molar-refractivity contribution in [2.75, 3.05) is 14.2 Å². The maximum atomic E-state index is 13.0. The second kappa shape index (κ2) is 5.48. The maximum absolute atomic E-state index is 13.0. The maximum Gasteiger partial charge on any atom is 0.144 e. The van der Waals surface area contributed by atoms with Crippen molar-refractivity contribution in [3.63, 3.8) is 0 Å². The molecular weight excluding hydrogens is 315 g/mol. The van der Waals surface area contributed by atoms with Crippen molar-refractivity contribution in [3.05, 3.63) is 40.6 Å². The molecular formula is C14H12BrFO3. The molecule has 2 aromatic carbocycles. The van der Waals surface area contributed by atoms with E-state index in [0.29, 0.717) is 27.1 Å². The lowest BCUT2D eigenvalue weighted by Crippen LogP contribution is -1.93. The first kappa shape index (κ1) is 13.7. The number of rotatable bonds is 3. The fourth-order valence-electron chi connectivity index (χ4n) is 1.84. The summed E-state index contributed by atoms with van der Waals surface area (Å²) < 4.78 is 24.2. The van der Waals surface area contributed by atoms with Crippen molar-refractivity contribution in [3.8, 4) is 28.4 Å². The largest absolute Gasteiger partial charge is 0.507 e. The lowest BCUT2D eigenvalue weighted by atomic mass is 10.0. The lowest BCUT2D eigenvalue weighted by Gasteiger charge is -2.14. The van der Waals surface area contributed by atoms with Crippen molar-refractivity contribution < 1.29 is 19.0 Å². The van der Waals surface area contributed by atoms with E-state index in [-0.39, 0.29) is 5.75 Å². The molecule has 0 aliphatic heterocycles. The van der Waals surface area contributed by atoms with Crippen LogP contribution >= 0.6 is 15.9 Å². The highest BCUT2D eigenvalue weighted by molar-refractivity contribution is 9.10. The van der Waals surface area contributed by atoms with Gasteiger partial charge in [-0.25, -0.2) is 4.39 Å². The summed E-state index contributed by atoms with van der Waals surface area (Å²) >= 11 is 3.38. The van der Waals surface area contributed by atoms with Crippen LogP contribution in [0.3, 0.4) is 0 Å². The van der Waals surface area contributed by atoms with Crippen LogP contribution in [-0.4, -0.2) is 19.3 Å². The second-order valence-electron chi connectivity index (χ2n) is 3.82. The van der Waals surface area contributed by atoms with Crippen LogP contribution in [0.4, 0.5) is 4.39 Å². The number of benzene rings is 2. The molecule has 0 unspecified atom stereocenters. The molecule has 0 atom stereocenters. The van der Waals surface area contributed by atoms with Crippen molar-refractivity contribution in [2.24, 2.45) is 0 Å². The molecule has 0 aromatic heterocycles. The van der Waals surface area contributed by atoms with Gasteiger partial charge in [0.25, 0.3) is 0 Å². The fourth-order valence-corrected chi connectivity index (χ4v) is 2.51. The third-order valence-corrected chi connectivity index (χ3v) is 3.49. The molecule has 0 heterocycles. The Morgan fingerprint density at radius 1 is 1.05 bits per heavy atom. The summed E-state index contributed by atoms with van der Waals surface area (Å²) in [6.45, 7) is 0. The SMILES string of the molecule is COc1ccc(-c2ccc(F)cc2O)c(OC)c1Br. The topological polar surface area (TPSA) is 38.7 Å². The standard InChI is InChI=1S/C14H12BrFO3/c1-18-12-6-5-10(14(19-2)13(12)15)9-4-3-8(16)7-11(9)17/h3-7,17H,1-2H3. The number of ether oxygens (including phenoxy) is 2. The Labute approximate surface area is 118 Å². The number of phenolic OH excluding ortho intramolecular Hbond substituents is 1. The van der Waals surface area contributed by atoms with Crippen LogP contribution in [0.1, 0.15) is 0 Å². The minimum Gasteiger partial charge on any atom is -0.507 e. The summed E-state index contributed by atoms with van der Waals surface area (Å²) in [7, 11) is 3.07. The van der Waals surface area contributed by atoms with E-state index in [1.807, 2.05) is 0 Å². The van der Waals surface area contributed by atoms with Gasteiger partial charge < -0.3 is 14.6 Å². The first-order chi connectivity index (χ1) is 9.08. The van der Waals surface area contributed by atoms with E-state index in [9.17, 15) is 9.50 Å². The van der Waals surface area contributed by atoms with Crippen molar-refractivity contribution in [2.45, 2.75) is 0 Å². The van der Waals surface area contributed by atoms with Crippen LogP contribution < -0.4 is 9.47 Å². The molecule has 5 heteroatoms. The Bertz CT molecular complexity index is 614. The molecule has 0 bridgehead atoms. The molecule has 2 rings (SSSR count). The van der Waals surface area contributed by atoms with Gasteiger partial charge in [0.05, 0.1) is 14.2 Å². The molecule has 0 aliphatic carbocycles. The van der Waals surface area contributed by atoms with Gasteiger partial charge in [-0.05, 0) is 40.2 Å². The third-order valence-electron chi connectivity index (χ3n) is 2.74. The molecule has 0 saturated carbocycles. The summed E-state index contributed by atoms with van der Waals surface area (Å²) in [5.41, 5.74) is 1.13. The molecule has 0 amide bonds. The van der Waals surface area contributed by atoms with Gasteiger partial charge in [0.15, 0.2) is 0 Å². The first-order valence-electron chi connectivity index (χ1n) is 5.48. The second-order valence-corrected chi connectivity index (χ2v) is 4.62. The van der Waals surface area contributed by atoms with Crippen LogP contribution in [-0.2, 0) is 0 Å². The van der Waals surface area contributed by atoms with Crippen molar-refractivity contribution in [1.29, 1.82) is 0 Å². The number of hydrogen-bond acceptors (Lipinski definition) is 3. The van der Waals surface area contributed by atoms with Gasteiger partial charge in [-0.15, -0.1) is 0 Å². The smallest absolute Gasteiger partial charge is 0.144 e. The van der Waals surface area contributed by atoms with Crippen LogP contribution in [0.25, 0.3) is 11.1 Å². The summed E-state index contributed by atoms with van der Waals surface area (Å²) in [5, 5.41) is 9.84. The summed E-state index contributed by atoms with van der Waals surface area (Å²) in [5.74, 6) is 0.492. The zero-order chi connectivity index (χ0) is 14.0. The summed E-state index contributed by atoms with van der Waals surface area (Å²) in [6.07, 6.45) is 0. The van der Waals surface area contributed by atoms with Crippen LogP contribution in [0, 0.1) is 5.82 Å². The van der Waals surface area contributed by atoms with Gasteiger partial charge >= 0.3 is 0 Å². The minimum atomic E-state index is -0.493. The monoisotopic (exact) mass is 326 g/mol. The van der Waals surface area contributed by atoms with Gasteiger partial charge in [-0.1, -0.05) is 0 Å². The number of halogens is 2. The van der Waals surface area contributed by atoms with E-state index >= 15 is 0 Å². The van der Waals surface area contributed by atoms with E-state index in [0.717, 1.165) is 6.07 Å². The highest BCUT2D eigenvalue weighted by atomic mass is 79.9. The normalized spacial score (nSPS) is 10.3. The molecule has 0 fully saturated rings. The highest BCUT2D eigenvalue weighted by Crippen LogP contribution is 2.44. The van der Waals surface area contributed by atoms with Gasteiger partial charge in [0.1, 0.15) is 27.5 Å². The molecule has 0 aliphatic rings. The molecule has 1 N–H and O–H groups in total. The third kappa shape index (κ3) is 2.51. The Balaban J connectivity index is 2.65.